The molecule has 1 fully saturated rings. The van der Waals surface area contributed by atoms with Gasteiger partial charge in [-0.25, -0.2) is 0 Å². The van der Waals surface area contributed by atoms with Crippen LogP contribution in [0.2, 0.25) is 0 Å². The molecule has 0 radical (unpaired) electrons. The second-order valence-electron chi connectivity index (χ2n) is 4.49. The highest BCUT2D eigenvalue weighted by Gasteiger charge is 2.27. The van der Waals surface area contributed by atoms with E-state index >= 15 is 0 Å². The lowest BCUT2D eigenvalue weighted by Crippen LogP contribution is -2.24. The highest BCUT2D eigenvalue weighted by molar-refractivity contribution is 7.81. The molecule has 1 aliphatic heterocycles. The summed E-state index contributed by atoms with van der Waals surface area (Å²) in [7, 11) is 0. The molecule has 88 valence electrons. The fraction of sp³-hybridized carbons (Fsp3) is 0.308. The molecule has 0 saturated carbocycles. The van der Waals surface area contributed by atoms with Crippen molar-refractivity contribution in [2.45, 2.75) is 18.2 Å². The van der Waals surface area contributed by atoms with Gasteiger partial charge in [-0.2, -0.15) is 12.6 Å². The van der Waals surface area contributed by atoms with Crippen molar-refractivity contribution in [3.05, 3.63) is 36.0 Å². The Bertz CT molecular complexity index is 563. The number of amides is 1. The summed E-state index contributed by atoms with van der Waals surface area (Å²) >= 11 is 4.37. The van der Waals surface area contributed by atoms with Crippen LogP contribution in [0.3, 0.4) is 0 Å². The van der Waals surface area contributed by atoms with Crippen LogP contribution in [0.15, 0.2) is 30.5 Å². The van der Waals surface area contributed by atoms with Crippen molar-refractivity contribution in [1.29, 1.82) is 0 Å². The number of para-hydroxylation sites is 1. The fourth-order valence-electron chi connectivity index (χ4n) is 2.37. The van der Waals surface area contributed by atoms with E-state index in [1.54, 1.807) is 0 Å². The Hall–Kier alpha value is -1.42. The lowest BCUT2D eigenvalue weighted by atomic mass is 10.1. The summed E-state index contributed by atoms with van der Waals surface area (Å²) in [4.78, 5) is 16.8. The van der Waals surface area contributed by atoms with Crippen LogP contribution in [0.25, 0.3) is 10.9 Å². The van der Waals surface area contributed by atoms with Crippen molar-refractivity contribution in [2.75, 3.05) is 6.54 Å². The summed E-state index contributed by atoms with van der Waals surface area (Å²) in [5.74, 6) is 0.204. The van der Waals surface area contributed by atoms with Gasteiger partial charge in [-0.1, -0.05) is 18.2 Å². The van der Waals surface area contributed by atoms with Crippen molar-refractivity contribution in [1.82, 2.24) is 9.88 Å². The number of aromatic nitrogens is 1. The summed E-state index contributed by atoms with van der Waals surface area (Å²) in [5, 5.41) is 1.38. The number of benzene rings is 1. The van der Waals surface area contributed by atoms with Gasteiger partial charge in [0.2, 0.25) is 5.91 Å². The average molecular weight is 246 g/mol. The molecule has 1 unspecified atom stereocenters. The molecule has 4 heteroatoms. The van der Waals surface area contributed by atoms with Crippen LogP contribution in [0, 0.1) is 0 Å². The first-order valence-corrected chi connectivity index (χ1v) is 6.26. The maximum Gasteiger partial charge on any atom is 0.224 e. The first kappa shape index (κ1) is 10.7. The van der Waals surface area contributed by atoms with Crippen LogP contribution < -0.4 is 0 Å². The number of H-pyrrole nitrogens is 1. The van der Waals surface area contributed by atoms with Crippen LogP contribution in [-0.2, 0) is 11.3 Å². The van der Waals surface area contributed by atoms with Crippen molar-refractivity contribution < 1.29 is 4.79 Å². The second-order valence-corrected chi connectivity index (χ2v) is 5.22. The van der Waals surface area contributed by atoms with Gasteiger partial charge < -0.3 is 9.88 Å². The van der Waals surface area contributed by atoms with Gasteiger partial charge in [-0.05, 0) is 11.6 Å². The molecule has 1 amide bonds. The van der Waals surface area contributed by atoms with Crippen LogP contribution in [-0.4, -0.2) is 27.6 Å². The van der Waals surface area contributed by atoms with Gasteiger partial charge in [-0.15, -0.1) is 0 Å². The molecule has 1 saturated heterocycles. The molecule has 0 aliphatic carbocycles. The number of nitrogens with one attached hydrogen (secondary N) is 1. The molecule has 1 aromatic heterocycles. The maximum atomic E-state index is 11.7. The number of nitrogens with zero attached hydrogens (tertiary/aromatic N) is 1. The van der Waals surface area contributed by atoms with E-state index in [1.807, 2.05) is 29.3 Å². The molecular weight excluding hydrogens is 232 g/mol. The van der Waals surface area contributed by atoms with E-state index in [1.165, 1.54) is 10.9 Å². The molecule has 3 nitrogen and oxygen atoms in total. The first-order valence-electron chi connectivity index (χ1n) is 5.75. The number of likely N-dealkylation sites (tertiary alicyclic amines) is 1. The lowest BCUT2D eigenvalue weighted by Gasteiger charge is -2.15. The van der Waals surface area contributed by atoms with Gasteiger partial charge in [0, 0.05) is 41.9 Å². The van der Waals surface area contributed by atoms with Gasteiger partial charge >= 0.3 is 0 Å². The molecule has 3 rings (SSSR count). The number of carbonyl (C=O) groups excluding carboxylic acids is 1. The highest BCUT2D eigenvalue weighted by atomic mass is 32.1. The summed E-state index contributed by atoms with van der Waals surface area (Å²) < 4.78 is 0. The van der Waals surface area contributed by atoms with Gasteiger partial charge in [-0.3, -0.25) is 4.79 Å². The number of hydrogen-bond acceptors (Lipinski definition) is 2. The third kappa shape index (κ3) is 1.93. The van der Waals surface area contributed by atoms with E-state index in [0.29, 0.717) is 13.0 Å². The Labute approximate surface area is 105 Å². The SMILES string of the molecule is O=C1CC(S)CN1Cc1c[nH]c2ccccc12. The summed E-state index contributed by atoms with van der Waals surface area (Å²) in [6, 6.07) is 8.16. The van der Waals surface area contributed by atoms with E-state index in [4.69, 9.17) is 0 Å². The number of carbonyl (C=O) groups is 1. The fourth-order valence-corrected chi connectivity index (χ4v) is 2.73. The topological polar surface area (TPSA) is 36.1 Å². The molecular formula is C13H14N2OS. The van der Waals surface area contributed by atoms with E-state index in [0.717, 1.165) is 12.1 Å². The highest BCUT2D eigenvalue weighted by Crippen LogP contribution is 2.23. The third-order valence-corrected chi connectivity index (χ3v) is 3.58. The van der Waals surface area contributed by atoms with Crippen LogP contribution in [0.4, 0.5) is 0 Å². The van der Waals surface area contributed by atoms with Crippen molar-refractivity contribution >= 4 is 29.4 Å². The number of hydrogen-bond donors (Lipinski definition) is 2. The van der Waals surface area contributed by atoms with Gasteiger partial charge in [0.15, 0.2) is 0 Å². The zero-order valence-electron chi connectivity index (χ0n) is 9.39. The molecule has 1 N–H and O–H groups in total. The Morgan fingerprint density at radius 3 is 3.00 bits per heavy atom. The monoisotopic (exact) mass is 246 g/mol. The third-order valence-electron chi connectivity index (χ3n) is 3.23. The zero-order chi connectivity index (χ0) is 11.8. The largest absolute Gasteiger partial charge is 0.361 e. The van der Waals surface area contributed by atoms with E-state index in [2.05, 4.69) is 23.7 Å². The predicted molar refractivity (Wildman–Crippen MR) is 71.1 cm³/mol. The molecule has 1 aromatic carbocycles. The van der Waals surface area contributed by atoms with Crippen molar-refractivity contribution in [3.8, 4) is 0 Å². The molecule has 2 aromatic rings. The standard InChI is InChI=1S/C13H14N2OS/c16-13-5-10(17)8-15(13)7-9-6-14-12-4-2-1-3-11(9)12/h1-4,6,10,14,17H,5,7-8H2. The summed E-state index contributed by atoms with van der Waals surface area (Å²) in [6.45, 7) is 1.43. The number of aromatic amines is 1. The minimum atomic E-state index is 0.188. The predicted octanol–water partition coefficient (Wildman–Crippen LogP) is 2.20. The van der Waals surface area contributed by atoms with E-state index in [-0.39, 0.29) is 11.2 Å². The van der Waals surface area contributed by atoms with Crippen LogP contribution in [0.5, 0.6) is 0 Å². The van der Waals surface area contributed by atoms with E-state index < -0.39 is 0 Å². The minimum Gasteiger partial charge on any atom is -0.361 e. The number of rotatable bonds is 2. The molecule has 1 aliphatic rings. The smallest absolute Gasteiger partial charge is 0.224 e. The average Bonchev–Trinajstić information content (AvgIpc) is 2.85. The Morgan fingerprint density at radius 2 is 2.24 bits per heavy atom. The van der Waals surface area contributed by atoms with Crippen LogP contribution >= 0.6 is 12.6 Å². The second kappa shape index (κ2) is 4.11. The summed E-state index contributed by atoms with van der Waals surface area (Å²) in [5.41, 5.74) is 2.30. The van der Waals surface area contributed by atoms with Crippen molar-refractivity contribution in [2.24, 2.45) is 0 Å². The molecule has 1 atom stereocenters. The molecule has 0 spiro atoms. The van der Waals surface area contributed by atoms with Gasteiger partial charge in [0.25, 0.3) is 0 Å². The number of fused-ring (bicyclic) bond motifs is 1. The number of thiol groups is 1. The zero-order valence-corrected chi connectivity index (χ0v) is 10.3. The Morgan fingerprint density at radius 1 is 1.41 bits per heavy atom. The quantitative estimate of drug-likeness (QED) is 0.783. The van der Waals surface area contributed by atoms with Crippen molar-refractivity contribution in [3.63, 3.8) is 0 Å². The maximum absolute atomic E-state index is 11.7. The van der Waals surface area contributed by atoms with Gasteiger partial charge in [0.05, 0.1) is 0 Å². The minimum absolute atomic E-state index is 0.188. The molecule has 0 bridgehead atoms. The van der Waals surface area contributed by atoms with E-state index in [9.17, 15) is 4.79 Å². The molecule has 2 heterocycles. The molecule has 17 heavy (non-hydrogen) atoms. The Balaban J connectivity index is 1.88. The lowest BCUT2D eigenvalue weighted by molar-refractivity contribution is -0.128. The van der Waals surface area contributed by atoms with Gasteiger partial charge in [0.1, 0.15) is 0 Å². The summed E-state index contributed by atoms with van der Waals surface area (Å²) in [6.07, 6.45) is 2.55. The first-order chi connectivity index (χ1) is 8.24. The van der Waals surface area contributed by atoms with Crippen LogP contribution in [0.1, 0.15) is 12.0 Å². The normalized spacial score (nSPS) is 20.4. The Kier molecular flexibility index (Phi) is 2.59.